The minimum Gasteiger partial charge on any atom is -0.352 e. The molecule has 9 nitrogen and oxygen atoms in total. The van der Waals surface area contributed by atoms with E-state index in [9.17, 15) is 14.4 Å². The van der Waals surface area contributed by atoms with E-state index < -0.39 is 0 Å². The highest BCUT2D eigenvalue weighted by molar-refractivity contribution is 5.93. The van der Waals surface area contributed by atoms with Gasteiger partial charge in [0.1, 0.15) is 5.69 Å². The van der Waals surface area contributed by atoms with Crippen LogP contribution in [0.2, 0.25) is 0 Å². The monoisotopic (exact) mass is 372 g/mol. The van der Waals surface area contributed by atoms with Crippen LogP contribution in [0.1, 0.15) is 40.6 Å². The fraction of sp³-hybridized carbons (Fsp3) is 0.500. The SMILES string of the molecule is CCn1nc(C(=O)N2CCC(CNC(=O)c3cnn(C)c3)CC2)ccc1=O. The first-order valence-electron chi connectivity index (χ1n) is 9.12. The van der Waals surface area contributed by atoms with E-state index in [2.05, 4.69) is 15.5 Å². The second-order valence-corrected chi connectivity index (χ2v) is 6.72. The molecule has 0 aliphatic carbocycles. The molecule has 0 spiro atoms. The van der Waals surface area contributed by atoms with Crippen LogP contribution in [0.5, 0.6) is 0 Å². The van der Waals surface area contributed by atoms with Crippen molar-refractivity contribution < 1.29 is 9.59 Å². The van der Waals surface area contributed by atoms with Crippen molar-refractivity contribution in [3.8, 4) is 0 Å². The van der Waals surface area contributed by atoms with Crippen molar-refractivity contribution in [2.24, 2.45) is 13.0 Å². The molecule has 0 radical (unpaired) electrons. The second kappa shape index (κ2) is 8.15. The Kier molecular flexibility index (Phi) is 5.68. The van der Waals surface area contributed by atoms with E-state index in [1.165, 1.54) is 16.8 Å². The van der Waals surface area contributed by atoms with E-state index in [1.54, 1.807) is 29.0 Å². The number of carbonyl (C=O) groups excluding carboxylic acids is 2. The van der Waals surface area contributed by atoms with E-state index in [0.717, 1.165) is 12.8 Å². The minimum absolute atomic E-state index is 0.132. The molecule has 27 heavy (non-hydrogen) atoms. The Morgan fingerprint density at radius 3 is 2.63 bits per heavy atom. The van der Waals surface area contributed by atoms with Gasteiger partial charge in [-0.15, -0.1) is 0 Å². The predicted octanol–water partition coefficient (Wildman–Crippen LogP) is 0.279. The number of piperidine rings is 1. The van der Waals surface area contributed by atoms with E-state index in [4.69, 9.17) is 0 Å². The summed E-state index contributed by atoms with van der Waals surface area (Å²) in [5.41, 5.74) is 0.624. The van der Waals surface area contributed by atoms with Gasteiger partial charge in [0.05, 0.1) is 11.8 Å². The maximum atomic E-state index is 12.6. The molecule has 0 aromatic carbocycles. The van der Waals surface area contributed by atoms with Gasteiger partial charge in [0, 0.05) is 45.5 Å². The van der Waals surface area contributed by atoms with Crippen LogP contribution in [0.15, 0.2) is 29.3 Å². The number of hydrogen-bond acceptors (Lipinski definition) is 5. The molecule has 1 fully saturated rings. The number of carbonyl (C=O) groups is 2. The Labute approximate surface area is 157 Å². The molecule has 0 unspecified atom stereocenters. The summed E-state index contributed by atoms with van der Waals surface area (Å²) in [5.74, 6) is 0.0369. The lowest BCUT2D eigenvalue weighted by molar-refractivity contribution is 0.0675. The fourth-order valence-corrected chi connectivity index (χ4v) is 3.17. The van der Waals surface area contributed by atoms with Gasteiger partial charge in [-0.2, -0.15) is 10.2 Å². The number of rotatable bonds is 5. The van der Waals surface area contributed by atoms with Crippen molar-refractivity contribution in [3.63, 3.8) is 0 Å². The third kappa shape index (κ3) is 4.42. The molecule has 144 valence electrons. The summed E-state index contributed by atoms with van der Waals surface area (Å²) in [5, 5.41) is 11.1. The van der Waals surface area contributed by atoms with Gasteiger partial charge in [-0.05, 0) is 31.7 Å². The van der Waals surface area contributed by atoms with Crippen molar-refractivity contribution in [2.75, 3.05) is 19.6 Å². The molecule has 0 saturated carbocycles. The summed E-state index contributed by atoms with van der Waals surface area (Å²) in [6.45, 7) is 4.04. The first kappa shape index (κ1) is 18.8. The first-order valence-corrected chi connectivity index (χ1v) is 9.12. The Morgan fingerprint density at radius 1 is 1.26 bits per heavy atom. The maximum absolute atomic E-state index is 12.6. The van der Waals surface area contributed by atoms with Gasteiger partial charge >= 0.3 is 0 Å². The summed E-state index contributed by atoms with van der Waals surface area (Å²) in [7, 11) is 1.77. The van der Waals surface area contributed by atoms with Crippen molar-refractivity contribution in [2.45, 2.75) is 26.3 Å². The van der Waals surface area contributed by atoms with Gasteiger partial charge in [-0.3, -0.25) is 19.1 Å². The number of hydrogen-bond donors (Lipinski definition) is 1. The van der Waals surface area contributed by atoms with Crippen molar-refractivity contribution in [1.82, 2.24) is 29.8 Å². The van der Waals surface area contributed by atoms with Gasteiger partial charge in [-0.25, -0.2) is 4.68 Å². The average Bonchev–Trinajstić information content (AvgIpc) is 3.13. The highest BCUT2D eigenvalue weighted by Crippen LogP contribution is 2.18. The largest absolute Gasteiger partial charge is 0.352 e. The fourth-order valence-electron chi connectivity index (χ4n) is 3.17. The van der Waals surface area contributed by atoms with Crippen LogP contribution < -0.4 is 10.9 Å². The predicted molar refractivity (Wildman–Crippen MR) is 98.3 cm³/mol. The average molecular weight is 372 g/mol. The van der Waals surface area contributed by atoms with Crippen molar-refractivity contribution in [1.29, 1.82) is 0 Å². The van der Waals surface area contributed by atoms with Gasteiger partial charge in [-0.1, -0.05) is 0 Å². The van der Waals surface area contributed by atoms with Crippen LogP contribution in [-0.2, 0) is 13.6 Å². The molecule has 0 bridgehead atoms. The highest BCUT2D eigenvalue weighted by atomic mass is 16.2. The molecule has 2 aromatic heterocycles. The Balaban J connectivity index is 1.50. The summed E-state index contributed by atoms with van der Waals surface area (Å²) in [6, 6.07) is 2.86. The quantitative estimate of drug-likeness (QED) is 0.812. The molecule has 3 heterocycles. The van der Waals surface area contributed by atoms with Crippen LogP contribution in [-0.4, -0.2) is 55.9 Å². The van der Waals surface area contributed by atoms with Gasteiger partial charge in [0.25, 0.3) is 17.4 Å². The zero-order chi connectivity index (χ0) is 19.4. The number of nitrogens with one attached hydrogen (secondary N) is 1. The topological polar surface area (TPSA) is 102 Å². The normalized spacial score (nSPS) is 15.0. The molecule has 9 heteroatoms. The molecule has 2 amide bonds. The maximum Gasteiger partial charge on any atom is 0.274 e. The van der Waals surface area contributed by atoms with E-state index in [0.29, 0.717) is 43.4 Å². The summed E-state index contributed by atoms with van der Waals surface area (Å²) >= 11 is 0. The van der Waals surface area contributed by atoms with E-state index in [1.807, 2.05) is 6.92 Å². The number of nitrogens with zero attached hydrogens (tertiary/aromatic N) is 5. The Hall–Kier alpha value is -2.97. The molecular formula is C18H24N6O3. The van der Waals surface area contributed by atoms with E-state index >= 15 is 0 Å². The number of aromatic nitrogens is 4. The van der Waals surface area contributed by atoms with Gasteiger partial charge < -0.3 is 10.2 Å². The lowest BCUT2D eigenvalue weighted by Crippen LogP contribution is -2.42. The van der Waals surface area contributed by atoms with Gasteiger partial charge in [0.15, 0.2) is 0 Å². The highest BCUT2D eigenvalue weighted by Gasteiger charge is 2.25. The number of amides is 2. The summed E-state index contributed by atoms with van der Waals surface area (Å²) < 4.78 is 2.88. The molecule has 3 rings (SSSR count). The second-order valence-electron chi connectivity index (χ2n) is 6.72. The summed E-state index contributed by atoms with van der Waals surface area (Å²) in [6.07, 6.45) is 4.84. The Bertz CT molecular complexity index is 879. The number of likely N-dealkylation sites (tertiary alicyclic amines) is 1. The zero-order valence-electron chi connectivity index (χ0n) is 15.6. The van der Waals surface area contributed by atoms with Crippen LogP contribution in [0.3, 0.4) is 0 Å². The first-order chi connectivity index (χ1) is 13.0. The molecule has 2 aromatic rings. The molecule has 1 aliphatic rings. The third-order valence-corrected chi connectivity index (χ3v) is 4.81. The molecule has 1 aliphatic heterocycles. The molecule has 1 N–H and O–H groups in total. The Morgan fingerprint density at radius 2 is 2.00 bits per heavy atom. The van der Waals surface area contributed by atoms with Crippen LogP contribution in [0.4, 0.5) is 0 Å². The minimum atomic E-state index is -0.211. The van der Waals surface area contributed by atoms with Crippen molar-refractivity contribution >= 4 is 11.8 Å². The van der Waals surface area contributed by atoms with Crippen molar-refractivity contribution in [3.05, 3.63) is 46.1 Å². The van der Waals surface area contributed by atoms with Gasteiger partial charge in [0.2, 0.25) is 0 Å². The van der Waals surface area contributed by atoms with Crippen LogP contribution >= 0.6 is 0 Å². The summed E-state index contributed by atoms with van der Waals surface area (Å²) in [4.78, 5) is 38.1. The lowest BCUT2D eigenvalue weighted by atomic mass is 9.96. The molecule has 0 atom stereocenters. The molecule has 1 saturated heterocycles. The standard InChI is InChI=1S/C18H24N6O3/c1-3-24-16(25)5-4-15(21-24)18(27)23-8-6-13(7-9-23)10-19-17(26)14-11-20-22(2)12-14/h4-5,11-13H,3,6-10H2,1-2H3,(H,19,26). The molecular weight excluding hydrogens is 348 g/mol. The third-order valence-electron chi connectivity index (χ3n) is 4.81. The smallest absolute Gasteiger partial charge is 0.274 e. The van der Waals surface area contributed by atoms with E-state index in [-0.39, 0.29) is 17.4 Å². The lowest BCUT2D eigenvalue weighted by Gasteiger charge is -2.31. The van der Waals surface area contributed by atoms with Crippen LogP contribution in [0.25, 0.3) is 0 Å². The number of aryl methyl sites for hydroxylation is 2. The van der Waals surface area contributed by atoms with Crippen LogP contribution in [0, 0.1) is 5.92 Å². The zero-order valence-corrected chi connectivity index (χ0v) is 15.6.